The van der Waals surface area contributed by atoms with E-state index in [9.17, 15) is 9.59 Å². The van der Waals surface area contributed by atoms with Gasteiger partial charge in [-0.3, -0.25) is 9.59 Å². The maximum absolute atomic E-state index is 11.1. The SMILES string of the molecule is CC12C=CC(C1)C(C(=O)O)(C(=O)O)C2. The Morgan fingerprint density at radius 3 is 2.14 bits per heavy atom. The molecule has 1 saturated carbocycles. The van der Waals surface area contributed by atoms with Crippen molar-refractivity contribution in [3.63, 3.8) is 0 Å². The zero-order valence-corrected chi connectivity index (χ0v) is 7.86. The van der Waals surface area contributed by atoms with Gasteiger partial charge in [0.1, 0.15) is 0 Å². The van der Waals surface area contributed by atoms with Gasteiger partial charge in [-0.15, -0.1) is 0 Å². The molecule has 76 valence electrons. The van der Waals surface area contributed by atoms with Gasteiger partial charge < -0.3 is 10.2 Å². The quantitative estimate of drug-likeness (QED) is 0.512. The Kier molecular flexibility index (Phi) is 1.57. The van der Waals surface area contributed by atoms with Crippen LogP contribution in [0.25, 0.3) is 0 Å². The van der Waals surface area contributed by atoms with E-state index in [-0.39, 0.29) is 17.8 Å². The van der Waals surface area contributed by atoms with Crippen molar-refractivity contribution in [3.8, 4) is 0 Å². The molecule has 14 heavy (non-hydrogen) atoms. The van der Waals surface area contributed by atoms with Gasteiger partial charge in [-0.2, -0.15) is 0 Å². The molecule has 2 aliphatic rings. The van der Waals surface area contributed by atoms with E-state index in [4.69, 9.17) is 10.2 Å². The third-order valence-electron chi connectivity index (χ3n) is 3.50. The van der Waals surface area contributed by atoms with Crippen molar-refractivity contribution in [2.45, 2.75) is 19.8 Å². The lowest BCUT2D eigenvalue weighted by atomic mass is 9.73. The molecule has 0 aromatic heterocycles. The topological polar surface area (TPSA) is 74.6 Å². The van der Waals surface area contributed by atoms with Crippen molar-refractivity contribution in [1.82, 2.24) is 0 Å². The molecule has 1 fully saturated rings. The molecule has 0 radical (unpaired) electrons. The van der Waals surface area contributed by atoms with Gasteiger partial charge >= 0.3 is 11.9 Å². The molecule has 2 rings (SSSR count). The van der Waals surface area contributed by atoms with E-state index in [1.807, 2.05) is 13.0 Å². The van der Waals surface area contributed by atoms with Crippen molar-refractivity contribution in [1.29, 1.82) is 0 Å². The molecule has 2 atom stereocenters. The van der Waals surface area contributed by atoms with Crippen LogP contribution in [-0.2, 0) is 9.59 Å². The van der Waals surface area contributed by atoms with E-state index in [0.717, 1.165) is 0 Å². The molecule has 0 saturated heterocycles. The molecule has 0 aromatic rings. The first-order valence-corrected chi connectivity index (χ1v) is 4.57. The van der Waals surface area contributed by atoms with Crippen LogP contribution in [-0.4, -0.2) is 22.2 Å². The minimum absolute atomic E-state index is 0.214. The number of hydrogen-bond donors (Lipinski definition) is 2. The van der Waals surface area contributed by atoms with Gasteiger partial charge in [0.15, 0.2) is 5.41 Å². The molecule has 2 N–H and O–H groups in total. The number of carboxylic acid groups (broad SMARTS) is 2. The van der Waals surface area contributed by atoms with Crippen LogP contribution >= 0.6 is 0 Å². The standard InChI is InChI=1S/C10H12O4/c1-9-3-2-6(4-9)10(5-9,7(11)12)8(13)14/h2-3,6H,4-5H2,1H3,(H,11,12)(H,13,14). The fourth-order valence-corrected chi connectivity index (χ4v) is 2.78. The van der Waals surface area contributed by atoms with Crippen LogP contribution < -0.4 is 0 Å². The van der Waals surface area contributed by atoms with Gasteiger partial charge in [-0.1, -0.05) is 19.1 Å². The van der Waals surface area contributed by atoms with Gasteiger partial charge in [0.25, 0.3) is 0 Å². The summed E-state index contributed by atoms with van der Waals surface area (Å²) >= 11 is 0. The van der Waals surface area contributed by atoms with Crippen LogP contribution in [0.1, 0.15) is 19.8 Å². The molecule has 2 unspecified atom stereocenters. The number of carbonyl (C=O) groups is 2. The largest absolute Gasteiger partial charge is 0.480 e. The van der Waals surface area contributed by atoms with Gasteiger partial charge in [0, 0.05) is 5.92 Å². The summed E-state index contributed by atoms with van der Waals surface area (Å²) in [4.78, 5) is 22.2. The number of aliphatic carboxylic acids is 2. The van der Waals surface area contributed by atoms with Crippen molar-refractivity contribution >= 4 is 11.9 Å². The first kappa shape index (κ1) is 9.24. The van der Waals surface area contributed by atoms with Crippen LogP contribution in [0.15, 0.2) is 12.2 Å². The Labute approximate surface area is 81.2 Å². The van der Waals surface area contributed by atoms with Crippen molar-refractivity contribution in [3.05, 3.63) is 12.2 Å². The number of fused-ring (bicyclic) bond motifs is 2. The summed E-state index contributed by atoms with van der Waals surface area (Å²) in [5.74, 6) is -2.76. The molecule has 4 heteroatoms. The molecule has 4 nitrogen and oxygen atoms in total. The van der Waals surface area contributed by atoms with Gasteiger partial charge in [0.2, 0.25) is 0 Å². The predicted octanol–water partition coefficient (Wildman–Crippen LogP) is 1.13. The Bertz CT molecular complexity index is 330. The van der Waals surface area contributed by atoms with Crippen molar-refractivity contribution < 1.29 is 19.8 Å². The smallest absolute Gasteiger partial charge is 0.321 e. The lowest BCUT2D eigenvalue weighted by molar-refractivity contribution is -0.167. The minimum Gasteiger partial charge on any atom is -0.480 e. The van der Waals surface area contributed by atoms with E-state index >= 15 is 0 Å². The zero-order valence-electron chi connectivity index (χ0n) is 7.86. The zero-order chi connectivity index (χ0) is 10.6. The molecule has 0 aromatic carbocycles. The van der Waals surface area contributed by atoms with Crippen LogP contribution in [0.2, 0.25) is 0 Å². The fraction of sp³-hybridized carbons (Fsp3) is 0.600. The number of allylic oxidation sites excluding steroid dienone is 2. The maximum atomic E-state index is 11.1. The minimum atomic E-state index is -1.58. The summed E-state index contributed by atoms with van der Waals surface area (Å²) in [5.41, 5.74) is -1.81. The first-order valence-electron chi connectivity index (χ1n) is 4.57. The lowest BCUT2D eigenvalue weighted by Gasteiger charge is -2.28. The van der Waals surface area contributed by atoms with Crippen LogP contribution in [0.4, 0.5) is 0 Å². The average Bonchev–Trinajstić information content (AvgIpc) is 2.56. The van der Waals surface area contributed by atoms with E-state index in [1.165, 1.54) is 0 Å². The Balaban J connectivity index is 2.47. The van der Waals surface area contributed by atoms with Gasteiger partial charge in [-0.05, 0) is 18.3 Å². The Morgan fingerprint density at radius 2 is 1.93 bits per heavy atom. The maximum Gasteiger partial charge on any atom is 0.321 e. The molecule has 0 aliphatic heterocycles. The van der Waals surface area contributed by atoms with E-state index < -0.39 is 17.4 Å². The highest BCUT2D eigenvalue weighted by Crippen LogP contribution is 2.59. The molecule has 2 bridgehead atoms. The van der Waals surface area contributed by atoms with Gasteiger partial charge in [-0.25, -0.2) is 0 Å². The third kappa shape index (κ3) is 0.882. The number of carboxylic acids is 2. The van der Waals surface area contributed by atoms with Crippen LogP contribution in [0.3, 0.4) is 0 Å². The normalized spacial score (nSPS) is 37.4. The first-order chi connectivity index (χ1) is 6.41. The van der Waals surface area contributed by atoms with Gasteiger partial charge in [0.05, 0.1) is 0 Å². The van der Waals surface area contributed by atoms with Crippen LogP contribution in [0.5, 0.6) is 0 Å². The van der Waals surface area contributed by atoms with E-state index in [1.54, 1.807) is 6.08 Å². The summed E-state index contributed by atoms with van der Waals surface area (Å²) in [5, 5.41) is 18.1. The summed E-state index contributed by atoms with van der Waals surface area (Å²) in [7, 11) is 0. The van der Waals surface area contributed by atoms with Crippen molar-refractivity contribution in [2.24, 2.45) is 16.7 Å². The van der Waals surface area contributed by atoms with Crippen molar-refractivity contribution in [2.75, 3.05) is 0 Å². The summed E-state index contributed by atoms with van der Waals surface area (Å²) in [6.07, 6.45) is 4.55. The summed E-state index contributed by atoms with van der Waals surface area (Å²) in [6, 6.07) is 0. The molecule has 0 spiro atoms. The molecular formula is C10H12O4. The second kappa shape index (κ2) is 2.38. The number of hydrogen-bond acceptors (Lipinski definition) is 2. The van der Waals surface area contributed by atoms with E-state index in [0.29, 0.717) is 6.42 Å². The predicted molar refractivity (Wildman–Crippen MR) is 47.7 cm³/mol. The molecule has 0 heterocycles. The van der Waals surface area contributed by atoms with E-state index in [2.05, 4.69) is 0 Å². The molecule has 2 aliphatic carbocycles. The summed E-state index contributed by atoms with van der Waals surface area (Å²) in [6.45, 7) is 1.91. The molecule has 0 amide bonds. The summed E-state index contributed by atoms with van der Waals surface area (Å²) < 4.78 is 0. The second-order valence-electron chi connectivity index (χ2n) is 4.58. The monoisotopic (exact) mass is 196 g/mol. The molecular weight excluding hydrogens is 184 g/mol. The fourth-order valence-electron chi connectivity index (χ4n) is 2.78. The number of rotatable bonds is 2. The third-order valence-corrected chi connectivity index (χ3v) is 3.50. The lowest BCUT2D eigenvalue weighted by Crippen LogP contribution is -2.43. The highest BCUT2D eigenvalue weighted by atomic mass is 16.4. The Hall–Kier alpha value is -1.32. The highest BCUT2D eigenvalue weighted by molar-refractivity contribution is 5.99. The van der Waals surface area contributed by atoms with Crippen LogP contribution in [0, 0.1) is 16.7 Å². The highest BCUT2D eigenvalue weighted by Gasteiger charge is 2.63. The second-order valence-corrected chi connectivity index (χ2v) is 4.58. The Morgan fingerprint density at radius 1 is 1.36 bits per heavy atom. The average molecular weight is 196 g/mol.